The molecule has 0 N–H and O–H groups in total. The van der Waals surface area contributed by atoms with Crippen molar-refractivity contribution in [3.05, 3.63) is 109 Å². The Balaban J connectivity index is 1.39. The Bertz CT molecular complexity index is 2140. The van der Waals surface area contributed by atoms with Crippen LogP contribution in [0.3, 0.4) is 0 Å². The zero-order valence-corrected chi connectivity index (χ0v) is 24.9. The van der Waals surface area contributed by atoms with Gasteiger partial charge < -0.3 is 9.13 Å². The Morgan fingerprint density at radius 2 is 1.15 bits per heavy atom. The van der Waals surface area contributed by atoms with Gasteiger partial charge in [-0.25, -0.2) is 9.97 Å². The molecule has 5 aromatic carbocycles. The van der Waals surface area contributed by atoms with Gasteiger partial charge in [0.25, 0.3) is 0 Å². The summed E-state index contributed by atoms with van der Waals surface area (Å²) in [5.74, 6) is 0. The lowest BCUT2D eigenvalue weighted by molar-refractivity contribution is 0.588. The van der Waals surface area contributed by atoms with Crippen molar-refractivity contribution in [3.8, 4) is 26.8 Å². The maximum atomic E-state index is 13.0. The molecule has 0 saturated carbocycles. The second-order valence-electron chi connectivity index (χ2n) is 10.6. The van der Waals surface area contributed by atoms with Crippen LogP contribution in [0.2, 0.25) is 0 Å². The van der Waals surface area contributed by atoms with E-state index in [2.05, 4.69) is 89.5 Å². The quantitative estimate of drug-likeness (QED) is 0.193. The topological polar surface area (TPSA) is 47.8 Å². The fourth-order valence-corrected chi connectivity index (χ4v) is 8.34. The van der Waals surface area contributed by atoms with Crippen LogP contribution < -0.4 is 5.30 Å². The summed E-state index contributed by atoms with van der Waals surface area (Å²) in [5.41, 5.74) is 7.46. The Morgan fingerprint density at radius 1 is 0.610 bits per heavy atom. The van der Waals surface area contributed by atoms with Crippen LogP contribution in [0, 0.1) is 0 Å². The molecular weight excluding hydrogens is 562 g/mol. The van der Waals surface area contributed by atoms with Crippen LogP contribution in [0.1, 0.15) is 0 Å². The molecule has 0 fully saturated rings. The number of hydrogen-bond donors (Lipinski definition) is 0. The first-order chi connectivity index (χ1) is 19.9. The van der Waals surface area contributed by atoms with Gasteiger partial charge >= 0.3 is 0 Å². The maximum Gasteiger partial charge on any atom is 0.124 e. The van der Waals surface area contributed by atoms with Crippen LogP contribution in [0.15, 0.2) is 109 Å². The van der Waals surface area contributed by atoms with Gasteiger partial charge in [0.2, 0.25) is 0 Å². The van der Waals surface area contributed by atoms with Gasteiger partial charge in [-0.15, -0.1) is 22.7 Å². The Labute approximate surface area is 244 Å². The predicted molar refractivity (Wildman–Crippen MR) is 177 cm³/mol. The van der Waals surface area contributed by atoms with Crippen LogP contribution in [0.4, 0.5) is 0 Å². The van der Waals surface area contributed by atoms with E-state index in [4.69, 9.17) is 9.97 Å². The van der Waals surface area contributed by atoms with Crippen LogP contribution in [-0.2, 0) is 4.57 Å². The highest BCUT2D eigenvalue weighted by Gasteiger charge is 2.18. The minimum absolute atomic E-state index is 0.877. The summed E-state index contributed by atoms with van der Waals surface area (Å²) >= 11 is 3.43. The molecule has 8 rings (SSSR count). The lowest BCUT2D eigenvalue weighted by Crippen LogP contribution is -2.05. The highest BCUT2D eigenvalue weighted by molar-refractivity contribution is 7.70. The molecule has 0 radical (unpaired) electrons. The zero-order chi connectivity index (χ0) is 27.7. The second-order valence-corrected chi connectivity index (χ2v) is 15.9. The lowest BCUT2D eigenvalue weighted by Gasteiger charge is -2.12. The first-order valence-electron chi connectivity index (χ1n) is 13.4. The average molecular weight is 586 g/mol. The van der Waals surface area contributed by atoms with Crippen molar-refractivity contribution in [3.63, 3.8) is 0 Å². The number of nitrogens with zero attached hydrogens (tertiary/aromatic N) is 3. The molecule has 41 heavy (non-hydrogen) atoms. The zero-order valence-electron chi connectivity index (χ0n) is 22.4. The van der Waals surface area contributed by atoms with Crippen LogP contribution in [0.25, 0.3) is 69.1 Å². The minimum Gasteiger partial charge on any atom is -0.319 e. The third kappa shape index (κ3) is 4.14. The molecule has 0 unspecified atom stereocenters. The molecule has 3 aromatic heterocycles. The van der Waals surface area contributed by atoms with Crippen LogP contribution >= 0.6 is 29.8 Å². The third-order valence-corrected chi connectivity index (χ3v) is 11.2. The Morgan fingerprint density at radius 3 is 1.66 bits per heavy atom. The van der Waals surface area contributed by atoms with E-state index in [0.717, 1.165) is 65.0 Å². The molecular formula is C34H24N3OPS2. The van der Waals surface area contributed by atoms with Gasteiger partial charge in [0.1, 0.15) is 17.2 Å². The smallest absolute Gasteiger partial charge is 0.124 e. The van der Waals surface area contributed by atoms with Crippen molar-refractivity contribution in [2.45, 2.75) is 0 Å². The van der Waals surface area contributed by atoms with Gasteiger partial charge in [0.15, 0.2) is 0 Å². The molecule has 0 aliphatic rings. The van der Waals surface area contributed by atoms with E-state index in [9.17, 15) is 4.57 Å². The first kappa shape index (κ1) is 24.7. The number of benzene rings is 5. The summed E-state index contributed by atoms with van der Waals surface area (Å²) in [5, 5.41) is 5.21. The number of fused-ring (bicyclic) bond motifs is 5. The van der Waals surface area contributed by atoms with Crippen molar-refractivity contribution >= 4 is 77.4 Å². The largest absolute Gasteiger partial charge is 0.319 e. The van der Waals surface area contributed by atoms with Crippen molar-refractivity contribution in [1.82, 2.24) is 14.5 Å². The molecule has 7 heteroatoms. The molecule has 198 valence electrons. The van der Waals surface area contributed by atoms with E-state index in [1.165, 1.54) is 9.40 Å². The Hall–Kier alpha value is -4.09. The van der Waals surface area contributed by atoms with Crippen molar-refractivity contribution in [2.75, 3.05) is 13.3 Å². The van der Waals surface area contributed by atoms with Gasteiger partial charge in [-0.3, -0.25) is 0 Å². The molecule has 0 saturated heterocycles. The number of hydrogen-bond acceptors (Lipinski definition) is 5. The van der Waals surface area contributed by atoms with Crippen LogP contribution in [0.5, 0.6) is 0 Å². The SMILES string of the molecule is CP(C)(=O)c1cccc(-n2c3ccc(-c4nc5ccccc5s4)cc3c3cc(-c4nc5ccccc5s4)ccc32)c1. The average Bonchev–Trinajstić information content (AvgIpc) is 3.70. The molecule has 3 heterocycles. The van der Waals surface area contributed by atoms with Crippen molar-refractivity contribution in [1.29, 1.82) is 0 Å². The summed E-state index contributed by atoms with van der Waals surface area (Å²) < 4.78 is 17.6. The highest BCUT2D eigenvalue weighted by Crippen LogP contribution is 2.40. The number of thiazole rings is 2. The Kier molecular flexibility index (Phi) is 5.55. The third-order valence-electron chi connectivity index (χ3n) is 7.56. The lowest BCUT2D eigenvalue weighted by atomic mass is 10.1. The fraction of sp³-hybridized carbons (Fsp3) is 0.0588. The van der Waals surface area contributed by atoms with Gasteiger partial charge in [0.05, 0.1) is 31.5 Å². The molecule has 0 spiro atoms. The van der Waals surface area contributed by atoms with E-state index < -0.39 is 7.14 Å². The van der Waals surface area contributed by atoms with Gasteiger partial charge in [-0.2, -0.15) is 0 Å². The summed E-state index contributed by atoms with van der Waals surface area (Å²) in [7, 11) is -2.42. The monoisotopic (exact) mass is 585 g/mol. The summed E-state index contributed by atoms with van der Waals surface area (Å²) in [6, 6.07) is 38.0. The number of para-hydroxylation sites is 2. The summed E-state index contributed by atoms with van der Waals surface area (Å²) in [4.78, 5) is 9.87. The predicted octanol–water partition coefficient (Wildman–Crippen LogP) is 9.59. The summed E-state index contributed by atoms with van der Waals surface area (Å²) in [6.07, 6.45) is 0. The second kappa shape index (κ2) is 9.22. The van der Waals surface area contributed by atoms with Gasteiger partial charge in [-0.05, 0) is 86.1 Å². The van der Waals surface area contributed by atoms with E-state index in [-0.39, 0.29) is 0 Å². The molecule has 0 aliphatic carbocycles. The molecule has 0 atom stereocenters. The minimum atomic E-state index is -2.42. The van der Waals surface area contributed by atoms with Crippen molar-refractivity contribution in [2.24, 2.45) is 0 Å². The van der Waals surface area contributed by atoms with Gasteiger partial charge in [-0.1, -0.05) is 36.4 Å². The molecule has 8 aromatic rings. The number of rotatable bonds is 4. The fourth-order valence-electron chi connectivity index (χ4n) is 5.53. The molecule has 0 bridgehead atoms. The van der Waals surface area contributed by atoms with E-state index in [1.807, 2.05) is 37.6 Å². The highest BCUT2D eigenvalue weighted by atomic mass is 32.1. The molecule has 4 nitrogen and oxygen atoms in total. The van der Waals surface area contributed by atoms with Crippen LogP contribution in [-0.4, -0.2) is 27.9 Å². The molecule has 0 amide bonds. The molecule has 0 aliphatic heterocycles. The first-order valence-corrected chi connectivity index (χ1v) is 17.6. The van der Waals surface area contributed by atoms with E-state index >= 15 is 0 Å². The van der Waals surface area contributed by atoms with E-state index in [1.54, 1.807) is 22.7 Å². The normalized spacial score (nSPS) is 12.2. The standard InChI is InChI=1S/C34H24N3OPS2/c1-39(2,38)24-9-7-8-23(20-24)37-29-16-14-21(33-35-27-10-3-5-12-31(27)40-33)18-25(29)26-19-22(15-17-30(26)37)34-36-28-11-4-6-13-32(28)41-34/h3-20H,1-2H3. The van der Waals surface area contributed by atoms with E-state index in [0.29, 0.717) is 0 Å². The van der Waals surface area contributed by atoms with Gasteiger partial charge in [0, 0.05) is 32.9 Å². The summed E-state index contributed by atoms with van der Waals surface area (Å²) in [6.45, 7) is 3.65. The maximum absolute atomic E-state index is 13.0. The van der Waals surface area contributed by atoms with Crippen molar-refractivity contribution < 1.29 is 4.57 Å². The number of aromatic nitrogens is 3.